The minimum atomic E-state index is 0.269. The molecule has 0 fully saturated rings. The molecule has 1 aromatic carbocycles. The number of rotatable bonds is 4. The van der Waals surface area contributed by atoms with Crippen molar-refractivity contribution in [1.29, 1.82) is 0 Å². The predicted molar refractivity (Wildman–Crippen MR) is 93.2 cm³/mol. The highest BCUT2D eigenvalue weighted by atomic mass is 15.1. The monoisotopic (exact) mass is 293 g/mol. The van der Waals surface area contributed by atoms with Crippen molar-refractivity contribution in [2.75, 3.05) is 11.1 Å². The number of allylic oxidation sites excluding steroid dienone is 2. The molecule has 1 heterocycles. The number of hydrogen-bond donors (Lipinski definition) is 3. The Bertz CT molecular complexity index is 717. The van der Waals surface area contributed by atoms with Crippen LogP contribution in [0.25, 0.3) is 5.70 Å². The lowest BCUT2D eigenvalue weighted by Gasteiger charge is -2.10. The van der Waals surface area contributed by atoms with E-state index in [1.54, 1.807) is 24.5 Å². The van der Waals surface area contributed by atoms with Gasteiger partial charge in [0.1, 0.15) is 0 Å². The summed E-state index contributed by atoms with van der Waals surface area (Å²) in [6.07, 6.45) is 6.86. The van der Waals surface area contributed by atoms with Gasteiger partial charge in [-0.1, -0.05) is 18.7 Å². The highest BCUT2D eigenvalue weighted by Gasteiger charge is 2.03. The molecule has 0 spiro atoms. The molecule has 0 unspecified atom stereocenters. The van der Waals surface area contributed by atoms with E-state index in [-0.39, 0.29) is 5.96 Å². The minimum Gasteiger partial charge on any atom is -0.399 e. The van der Waals surface area contributed by atoms with Gasteiger partial charge in [0.05, 0.1) is 5.70 Å². The van der Waals surface area contributed by atoms with Crippen LogP contribution in [0.1, 0.15) is 11.1 Å². The molecule has 2 aromatic rings. The lowest BCUT2D eigenvalue weighted by atomic mass is 10.2. The fourth-order valence-electron chi connectivity index (χ4n) is 1.89. The summed E-state index contributed by atoms with van der Waals surface area (Å²) in [7, 11) is 0. The molecule has 2 rings (SSSR count). The molecule has 0 aliphatic carbocycles. The Labute approximate surface area is 130 Å². The summed E-state index contributed by atoms with van der Waals surface area (Å²) in [6, 6.07) is 9.33. The molecule has 112 valence electrons. The SMILES string of the molecule is C=C/C=C(\N=C(N)Nc1cc(N)ccc1C)c1cccnc1. The van der Waals surface area contributed by atoms with Gasteiger partial charge in [-0.25, -0.2) is 4.99 Å². The molecule has 0 aliphatic rings. The zero-order valence-corrected chi connectivity index (χ0v) is 12.5. The number of anilines is 2. The predicted octanol–water partition coefficient (Wildman–Crippen LogP) is 2.93. The van der Waals surface area contributed by atoms with Gasteiger partial charge in [-0.15, -0.1) is 0 Å². The molecule has 0 atom stereocenters. The third-order valence-electron chi connectivity index (χ3n) is 3.00. The Kier molecular flexibility index (Phi) is 4.93. The van der Waals surface area contributed by atoms with Crippen LogP contribution in [-0.4, -0.2) is 10.9 Å². The van der Waals surface area contributed by atoms with E-state index in [0.717, 1.165) is 16.8 Å². The van der Waals surface area contributed by atoms with E-state index in [2.05, 4.69) is 21.9 Å². The van der Waals surface area contributed by atoms with Crippen molar-refractivity contribution in [3.63, 3.8) is 0 Å². The summed E-state index contributed by atoms with van der Waals surface area (Å²) >= 11 is 0. The quantitative estimate of drug-likeness (QED) is 0.350. The Morgan fingerprint density at radius 3 is 2.86 bits per heavy atom. The zero-order valence-electron chi connectivity index (χ0n) is 12.5. The first-order valence-corrected chi connectivity index (χ1v) is 6.80. The van der Waals surface area contributed by atoms with E-state index in [0.29, 0.717) is 11.4 Å². The molecular formula is C17H19N5. The second-order valence-electron chi connectivity index (χ2n) is 4.73. The van der Waals surface area contributed by atoms with Crippen molar-refractivity contribution in [2.45, 2.75) is 6.92 Å². The summed E-state index contributed by atoms with van der Waals surface area (Å²) in [5, 5.41) is 3.06. The van der Waals surface area contributed by atoms with Gasteiger partial charge in [0.25, 0.3) is 0 Å². The first-order valence-electron chi connectivity index (χ1n) is 6.80. The molecule has 0 amide bonds. The number of nitrogens with zero attached hydrogens (tertiary/aromatic N) is 2. The summed E-state index contributed by atoms with van der Waals surface area (Å²) in [4.78, 5) is 8.48. The van der Waals surface area contributed by atoms with Gasteiger partial charge >= 0.3 is 0 Å². The van der Waals surface area contributed by atoms with E-state index in [1.807, 2.05) is 37.3 Å². The Hall–Kier alpha value is -3.08. The minimum absolute atomic E-state index is 0.269. The van der Waals surface area contributed by atoms with Crippen molar-refractivity contribution in [2.24, 2.45) is 10.7 Å². The van der Waals surface area contributed by atoms with Crippen molar-refractivity contribution in [3.05, 3.63) is 72.6 Å². The van der Waals surface area contributed by atoms with Crippen LogP contribution >= 0.6 is 0 Å². The van der Waals surface area contributed by atoms with Crippen molar-refractivity contribution in [3.8, 4) is 0 Å². The van der Waals surface area contributed by atoms with Gasteiger partial charge in [0.2, 0.25) is 0 Å². The number of pyridine rings is 1. The van der Waals surface area contributed by atoms with Crippen LogP contribution in [0, 0.1) is 6.92 Å². The lowest BCUT2D eigenvalue weighted by Crippen LogP contribution is -2.23. The number of benzene rings is 1. The summed E-state index contributed by atoms with van der Waals surface area (Å²) in [5.41, 5.74) is 15.8. The number of nitrogens with two attached hydrogens (primary N) is 2. The van der Waals surface area contributed by atoms with Crippen LogP contribution < -0.4 is 16.8 Å². The van der Waals surface area contributed by atoms with Crippen LogP contribution in [0.5, 0.6) is 0 Å². The second-order valence-corrected chi connectivity index (χ2v) is 4.73. The van der Waals surface area contributed by atoms with E-state index >= 15 is 0 Å². The number of nitrogen functional groups attached to an aromatic ring is 1. The van der Waals surface area contributed by atoms with Gasteiger partial charge in [-0.2, -0.15) is 0 Å². The molecule has 5 N–H and O–H groups in total. The average molecular weight is 293 g/mol. The van der Waals surface area contributed by atoms with Gasteiger partial charge in [0, 0.05) is 29.3 Å². The van der Waals surface area contributed by atoms with Crippen LogP contribution in [0.3, 0.4) is 0 Å². The van der Waals surface area contributed by atoms with Crippen LogP contribution in [-0.2, 0) is 0 Å². The number of aryl methyl sites for hydroxylation is 1. The van der Waals surface area contributed by atoms with Gasteiger partial charge in [-0.3, -0.25) is 4.98 Å². The molecule has 22 heavy (non-hydrogen) atoms. The average Bonchev–Trinajstić information content (AvgIpc) is 2.51. The van der Waals surface area contributed by atoms with Crippen molar-refractivity contribution in [1.82, 2.24) is 4.98 Å². The van der Waals surface area contributed by atoms with E-state index in [4.69, 9.17) is 11.5 Å². The molecule has 0 aliphatic heterocycles. The number of hydrogen-bond acceptors (Lipinski definition) is 3. The molecule has 5 heteroatoms. The van der Waals surface area contributed by atoms with E-state index in [1.165, 1.54) is 0 Å². The van der Waals surface area contributed by atoms with Crippen LogP contribution in [0.4, 0.5) is 11.4 Å². The molecule has 0 bridgehead atoms. The van der Waals surface area contributed by atoms with Gasteiger partial charge < -0.3 is 16.8 Å². The highest BCUT2D eigenvalue weighted by molar-refractivity contribution is 5.96. The maximum Gasteiger partial charge on any atom is 0.198 e. The first-order chi connectivity index (χ1) is 10.6. The van der Waals surface area contributed by atoms with Gasteiger partial charge in [-0.05, 0) is 42.8 Å². The summed E-state index contributed by atoms with van der Waals surface area (Å²) < 4.78 is 0. The van der Waals surface area contributed by atoms with Crippen LogP contribution in [0.15, 0.2) is 66.4 Å². The van der Waals surface area contributed by atoms with Crippen molar-refractivity contribution < 1.29 is 0 Å². The Balaban J connectivity index is 2.28. The zero-order chi connectivity index (χ0) is 15.9. The molecular weight excluding hydrogens is 274 g/mol. The number of aromatic nitrogens is 1. The standard InChI is InChI=1S/C17H19N5/c1-3-5-15(13-6-4-9-20-11-13)21-17(19)22-16-10-14(18)8-7-12(16)2/h3-11H,1,18H2,2H3,(H3,19,21,22)/b15-5-. The summed E-state index contributed by atoms with van der Waals surface area (Å²) in [6.45, 7) is 5.67. The summed E-state index contributed by atoms with van der Waals surface area (Å²) in [5.74, 6) is 0.269. The topological polar surface area (TPSA) is 89.3 Å². The fourth-order valence-corrected chi connectivity index (χ4v) is 1.89. The normalized spacial score (nSPS) is 12.0. The third kappa shape index (κ3) is 3.96. The lowest BCUT2D eigenvalue weighted by molar-refractivity contribution is 1.29. The molecule has 0 saturated heterocycles. The fraction of sp³-hybridized carbons (Fsp3) is 0.0588. The van der Waals surface area contributed by atoms with Gasteiger partial charge in [0.15, 0.2) is 5.96 Å². The number of nitrogens with one attached hydrogen (secondary N) is 1. The Morgan fingerprint density at radius 1 is 1.36 bits per heavy atom. The maximum atomic E-state index is 6.00. The largest absolute Gasteiger partial charge is 0.399 e. The number of guanidine groups is 1. The second kappa shape index (κ2) is 7.08. The van der Waals surface area contributed by atoms with E-state index < -0.39 is 0 Å². The highest BCUT2D eigenvalue weighted by Crippen LogP contribution is 2.19. The van der Waals surface area contributed by atoms with E-state index in [9.17, 15) is 0 Å². The first kappa shape index (κ1) is 15.3. The van der Waals surface area contributed by atoms with Crippen LogP contribution in [0.2, 0.25) is 0 Å². The van der Waals surface area contributed by atoms with Crippen molar-refractivity contribution >= 4 is 23.0 Å². The Morgan fingerprint density at radius 2 is 2.18 bits per heavy atom. The molecule has 1 aromatic heterocycles. The number of aliphatic imine (C=N–C) groups is 1. The molecule has 5 nitrogen and oxygen atoms in total. The smallest absolute Gasteiger partial charge is 0.198 e. The maximum absolute atomic E-state index is 6.00. The third-order valence-corrected chi connectivity index (χ3v) is 3.00. The molecule has 0 radical (unpaired) electrons. The molecule has 0 saturated carbocycles.